The van der Waals surface area contributed by atoms with Crippen molar-refractivity contribution in [1.29, 1.82) is 0 Å². The van der Waals surface area contributed by atoms with Gasteiger partial charge in [0.25, 0.3) is 0 Å². The Balaban J connectivity index is 2.18. The third-order valence-electron chi connectivity index (χ3n) is 2.85. The maximum Gasteiger partial charge on any atom is 0.146 e. The number of nitrogens with zero attached hydrogens (tertiary/aromatic N) is 1. The molecule has 0 spiro atoms. The molecule has 0 atom stereocenters. The monoisotopic (exact) mass is 303 g/mol. The highest BCUT2D eigenvalue weighted by Crippen LogP contribution is 2.23. The summed E-state index contributed by atoms with van der Waals surface area (Å²) in [6, 6.07) is 2.57. The number of carbonyl (C=O) groups is 1. The lowest BCUT2D eigenvalue weighted by molar-refractivity contribution is -0.122. The lowest BCUT2D eigenvalue weighted by Crippen LogP contribution is -2.35. The molecule has 0 radical (unpaired) electrons. The van der Waals surface area contributed by atoms with Gasteiger partial charge in [-0.25, -0.2) is 8.78 Å². The molecule has 2 rings (SSSR count). The maximum absolute atomic E-state index is 13.7. The van der Waals surface area contributed by atoms with Gasteiger partial charge in [0.1, 0.15) is 17.4 Å². The summed E-state index contributed by atoms with van der Waals surface area (Å²) in [5.41, 5.74) is 0.0223. The standard InChI is InChI=1S/C12H12BrF2NO/c13-10-3-4-11(14)9(12(10)15)7-16-5-1-2-8(17)6-16/h3-4H,1-2,5-7H2. The molecule has 1 aliphatic rings. The van der Waals surface area contributed by atoms with E-state index < -0.39 is 11.6 Å². The first kappa shape index (κ1) is 12.6. The zero-order chi connectivity index (χ0) is 12.4. The molecule has 1 aliphatic heterocycles. The minimum atomic E-state index is -0.581. The van der Waals surface area contributed by atoms with Crippen LogP contribution in [0.1, 0.15) is 18.4 Å². The zero-order valence-corrected chi connectivity index (χ0v) is 10.8. The first-order valence-electron chi connectivity index (χ1n) is 5.44. The second kappa shape index (κ2) is 5.23. The van der Waals surface area contributed by atoms with E-state index in [1.165, 1.54) is 12.1 Å². The molecule has 2 nitrogen and oxygen atoms in total. The van der Waals surface area contributed by atoms with Gasteiger partial charge in [-0.2, -0.15) is 0 Å². The van der Waals surface area contributed by atoms with Crippen molar-refractivity contribution in [1.82, 2.24) is 4.90 Å². The van der Waals surface area contributed by atoms with Crippen molar-refractivity contribution in [3.63, 3.8) is 0 Å². The van der Waals surface area contributed by atoms with Gasteiger partial charge in [0.15, 0.2) is 0 Å². The second-order valence-corrected chi connectivity index (χ2v) is 5.03. The molecule has 0 unspecified atom stereocenters. The predicted octanol–water partition coefficient (Wildman–Crippen LogP) is 2.89. The van der Waals surface area contributed by atoms with Gasteiger partial charge in [0.05, 0.1) is 11.0 Å². The number of Topliss-reactive ketones (excluding diaryl/α,β-unsaturated/α-hetero) is 1. The van der Waals surface area contributed by atoms with Gasteiger partial charge < -0.3 is 0 Å². The van der Waals surface area contributed by atoms with Crippen molar-refractivity contribution in [3.8, 4) is 0 Å². The van der Waals surface area contributed by atoms with E-state index >= 15 is 0 Å². The molecule has 0 bridgehead atoms. The Hall–Kier alpha value is -0.810. The average molecular weight is 304 g/mol. The summed E-state index contributed by atoms with van der Waals surface area (Å²) >= 11 is 3.03. The van der Waals surface area contributed by atoms with E-state index in [-0.39, 0.29) is 28.9 Å². The van der Waals surface area contributed by atoms with Gasteiger partial charge >= 0.3 is 0 Å². The van der Waals surface area contributed by atoms with Gasteiger partial charge in [-0.05, 0) is 41.0 Å². The minimum Gasteiger partial charge on any atom is -0.298 e. The molecular weight excluding hydrogens is 292 g/mol. The molecule has 5 heteroatoms. The van der Waals surface area contributed by atoms with Crippen LogP contribution in [0, 0.1) is 11.6 Å². The lowest BCUT2D eigenvalue weighted by Gasteiger charge is -2.25. The van der Waals surface area contributed by atoms with Crippen LogP contribution in [0.4, 0.5) is 8.78 Å². The van der Waals surface area contributed by atoms with E-state index in [1.54, 1.807) is 4.90 Å². The molecule has 1 aromatic carbocycles. The molecule has 17 heavy (non-hydrogen) atoms. The van der Waals surface area contributed by atoms with Gasteiger partial charge in [0.2, 0.25) is 0 Å². The van der Waals surface area contributed by atoms with Gasteiger partial charge in [0, 0.05) is 18.5 Å². The Kier molecular flexibility index (Phi) is 3.89. The highest BCUT2D eigenvalue weighted by molar-refractivity contribution is 9.10. The normalized spacial score (nSPS) is 17.5. The Labute approximate surface area is 107 Å². The van der Waals surface area contributed by atoms with Crippen LogP contribution in [0.5, 0.6) is 0 Å². The quantitative estimate of drug-likeness (QED) is 0.783. The van der Waals surface area contributed by atoms with Crippen molar-refractivity contribution in [2.45, 2.75) is 19.4 Å². The van der Waals surface area contributed by atoms with Crippen LogP contribution in [0.15, 0.2) is 16.6 Å². The fourth-order valence-electron chi connectivity index (χ4n) is 1.98. The fourth-order valence-corrected chi connectivity index (χ4v) is 2.35. The predicted molar refractivity (Wildman–Crippen MR) is 63.6 cm³/mol. The Morgan fingerprint density at radius 2 is 2.12 bits per heavy atom. The number of hydrogen-bond donors (Lipinski definition) is 0. The van der Waals surface area contributed by atoms with Crippen LogP contribution in [-0.2, 0) is 11.3 Å². The first-order valence-corrected chi connectivity index (χ1v) is 6.23. The highest BCUT2D eigenvalue weighted by Gasteiger charge is 2.20. The van der Waals surface area contributed by atoms with Crippen LogP contribution in [0.2, 0.25) is 0 Å². The van der Waals surface area contributed by atoms with E-state index in [9.17, 15) is 13.6 Å². The maximum atomic E-state index is 13.7. The van der Waals surface area contributed by atoms with Crippen LogP contribution < -0.4 is 0 Å². The highest BCUT2D eigenvalue weighted by atomic mass is 79.9. The molecule has 92 valence electrons. The number of halogens is 3. The molecule has 0 aliphatic carbocycles. The Morgan fingerprint density at radius 3 is 2.82 bits per heavy atom. The van der Waals surface area contributed by atoms with Crippen molar-refractivity contribution in [2.75, 3.05) is 13.1 Å². The van der Waals surface area contributed by atoms with Crippen molar-refractivity contribution < 1.29 is 13.6 Å². The van der Waals surface area contributed by atoms with Crippen LogP contribution in [0.25, 0.3) is 0 Å². The van der Waals surface area contributed by atoms with E-state index in [1.807, 2.05) is 0 Å². The summed E-state index contributed by atoms with van der Waals surface area (Å²) in [4.78, 5) is 13.0. The molecule has 1 saturated heterocycles. The third kappa shape index (κ3) is 2.90. The van der Waals surface area contributed by atoms with Crippen LogP contribution in [0.3, 0.4) is 0 Å². The summed E-state index contributed by atoms with van der Waals surface area (Å²) in [6.45, 7) is 1.13. The number of likely N-dealkylation sites (tertiary alicyclic amines) is 1. The summed E-state index contributed by atoms with van der Waals surface area (Å²) in [5.74, 6) is -1.01. The van der Waals surface area contributed by atoms with Crippen molar-refractivity contribution in [2.24, 2.45) is 0 Å². The molecular formula is C12H12BrF2NO. The largest absolute Gasteiger partial charge is 0.298 e. The van der Waals surface area contributed by atoms with Gasteiger partial charge in [-0.1, -0.05) is 0 Å². The minimum absolute atomic E-state index is 0.0223. The number of piperidine rings is 1. The van der Waals surface area contributed by atoms with Crippen molar-refractivity contribution >= 4 is 21.7 Å². The number of benzene rings is 1. The first-order chi connectivity index (χ1) is 8.08. The number of carbonyl (C=O) groups excluding carboxylic acids is 1. The molecule has 1 fully saturated rings. The molecule has 1 heterocycles. The lowest BCUT2D eigenvalue weighted by atomic mass is 10.1. The Morgan fingerprint density at radius 1 is 1.35 bits per heavy atom. The second-order valence-electron chi connectivity index (χ2n) is 4.17. The summed E-state index contributed by atoms with van der Waals surface area (Å²) < 4.78 is 27.5. The topological polar surface area (TPSA) is 20.3 Å². The van der Waals surface area contributed by atoms with Crippen LogP contribution >= 0.6 is 15.9 Å². The molecule has 0 amide bonds. The Bertz CT molecular complexity index is 450. The summed E-state index contributed by atoms with van der Waals surface area (Å²) in [5, 5.41) is 0. The third-order valence-corrected chi connectivity index (χ3v) is 3.46. The zero-order valence-electron chi connectivity index (χ0n) is 9.18. The number of ketones is 1. The van der Waals surface area contributed by atoms with Crippen LogP contribution in [-0.4, -0.2) is 23.8 Å². The van der Waals surface area contributed by atoms with E-state index in [0.717, 1.165) is 6.42 Å². The summed E-state index contributed by atoms with van der Waals surface area (Å²) in [7, 11) is 0. The average Bonchev–Trinajstić information content (AvgIpc) is 2.30. The molecule has 1 aromatic rings. The summed E-state index contributed by atoms with van der Waals surface area (Å²) in [6.07, 6.45) is 1.33. The van der Waals surface area contributed by atoms with E-state index in [4.69, 9.17) is 0 Å². The van der Waals surface area contributed by atoms with E-state index in [0.29, 0.717) is 13.0 Å². The number of rotatable bonds is 2. The SMILES string of the molecule is O=C1CCCN(Cc2c(F)ccc(Br)c2F)C1. The van der Waals surface area contributed by atoms with E-state index in [2.05, 4.69) is 15.9 Å². The van der Waals surface area contributed by atoms with Gasteiger partial charge in [-0.15, -0.1) is 0 Å². The number of hydrogen-bond acceptors (Lipinski definition) is 2. The smallest absolute Gasteiger partial charge is 0.146 e. The van der Waals surface area contributed by atoms with Gasteiger partial charge in [-0.3, -0.25) is 9.69 Å². The molecule has 0 N–H and O–H groups in total. The molecule has 0 aromatic heterocycles. The fraction of sp³-hybridized carbons (Fsp3) is 0.417. The molecule has 0 saturated carbocycles. The van der Waals surface area contributed by atoms with Crippen molar-refractivity contribution in [3.05, 3.63) is 33.8 Å².